The van der Waals surface area contributed by atoms with E-state index in [9.17, 15) is 14.0 Å². The molecule has 0 atom stereocenters. The summed E-state index contributed by atoms with van der Waals surface area (Å²) in [6, 6.07) is 3.74. The van der Waals surface area contributed by atoms with Gasteiger partial charge in [0, 0.05) is 18.2 Å². The van der Waals surface area contributed by atoms with E-state index in [1.165, 1.54) is 6.07 Å². The second kappa shape index (κ2) is 7.44. The quantitative estimate of drug-likeness (QED) is 0.723. The molecule has 0 aliphatic heterocycles. The maximum atomic E-state index is 13.7. The first-order valence-electron chi connectivity index (χ1n) is 6.13. The van der Waals surface area contributed by atoms with Crippen LogP contribution in [0.15, 0.2) is 18.2 Å². The van der Waals surface area contributed by atoms with Crippen molar-refractivity contribution in [3.05, 3.63) is 29.6 Å². The van der Waals surface area contributed by atoms with E-state index < -0.39 is 24.4 Å². The highest BCUT2D eigenvalue weighted by atomic mass is 19.1. The van der Waals surface area contributed by atoms with E-state index in [0.717, 1.165) is 0 Å². The second-order valence-electron chi connectivity index (χ2n) is 4.46. The zero-order valence-corrected chi connectivity index (χ0v) is 11.4. The fourth-order valence-corrected chi connectivity index (χ4v) is 1.48. The Labute approximate surface area is 116 Å². The molecule has 0 saturated heterocycles. The van der Waals surface area contributed by atoms with Gasteiger partial charge in [-0.15, -0.1) is 0 Å². The first-order chi connectivity index (χ1) is 9.40. The molecule has 0 aromatic heterocycles. The summed E-state index contributed by atoms with van der Waals surface area (Å²) in [5, 5.41) is 4.97. The predicted octanol–water partition coefficient (Wildman–Crippen LogP) is 0.897. The number of primary amides is 1. The number of ether oxygens (including phenoxy) is 1. The minimum Gasteiger partial charge on any atom is -0.480 e. The summed E-state index contributed by atoms with van der Waals surface area (Å²) in [6.07, 6.45) is 0. The fourth-order valence-electron chi connectivity index (χ4n) is 1.48. The van der Waals surface area contributed by atoms with Gasteiger partial charge in [-0.05, 0) is 6.07 Å². The van der Waals surface area contributed by atoms with Crippen LogP contribution in [0.5, 0.6) is 5.75 Å². The molecule has 0 unspecified atom stereocenters. The maximum absolute atomic E-state index is 13.7. The van der Waals surface area contributed by atoms with Gasteiger partial charge >= 0.3 is 6.03 Å². The normalized spacial score (nSPS) is 10.4. The zero-order chi connectivity index (χ0) is 15.1. The molecule has 1 rings (SSSR count). The summed E-state index contributed by atoms with van der Waals surface area (Å²) in [4.78, 5) is 21.7. The number of urea groups is 1. The average Bonchev–Trinajstić information content (AvgIpc) is 2.34. The molecule has 0 fully saturated rings. The van der Waals surface area contributed by atoms with Crippen molar-refractivity contribution < 1.29 is 18.7 Å². The summed E-state index contributed by atoms with van der Waals surface area (Å²) in [5.41, 5.74) is 5.38. The zero-order valence-electron chi connectivity index (χ0n) is 11.4. The molecule has 3 amide bonds. The number of halogens is 1. The van der Waals surface area contributed by atoms with Crippen LogP contribution >= 0.6 is 0 Å². The summed E-state index contributed by atoms with van der Waals surface area (Å²) in [5.74, 6) is -1.32. The SMILES string of the molecule is CC(C)NCc1cccc(F)c1OCC(=O)NC(N)=O. The predicted molar refractivity (Wildman–Crippen MR) is 71.6 cm³/mol. The van der Waals surface area contributed by atoms with Gasteiger partial charge in [0.2, 0.25) is 0 Å². The van der Waals surface area contributed by atoms with Gasteiger partial charge in [-0.3, -0.25) is 10.1 Å². The van der Waals surface area contributed by atoms with Gasteiger partial charge in [-0.1, -0.05) is 26.0 Å². The van der Waals surface area contributed by atoms with Crippen molar-refractivity contribution in [2.75, 3.05) is 6.61 Å². The minimum atomic E-state index is -0.978. The van der Waals surface area contributed by atoms with Crippen molar-refractivity contribution in [2.45, 2.75) is 26.4 Å². The number of nitrogens with one attached hydrogen (secondary N) is 2. The number of imide groups is 1. The maximum Gasteiger partial charge on any atom is 0.318 e. The lowest BCUT2D eigenvalue weighted by atomic mass is 10.2. The molecule has 1 aromatic carbocycles. The highest BCUT2D eigenvalue weighted by Gasteiger charge is 2.12. The molecule has 0 radical (unpaired) electrons. The summed E-state index contributed by atoms with van der Waals surface area (Å²) in [6.45, 7) is 3.83. The molecule has 110 valence electrons. The molecule has 0 spiro atoms. The number of benzene rings is 1. The van der Waals surface area contributed by atoms with E-state index in [-0.39, 0.29) is 11.8 Å². The van der Waals surface area contributed by atoms with E-state index in [2.05, 4.69) is 5.32 Å². The summed E-state index contributed by atoms with van der Waals surface area (Å²) in [7, 11) is 0. The molecule has 4 N–H and O–H groups in total. The summed E-state index contributed by atoms with van der Waals surface area (Å²) < 4.78 is 18.8. The van der Waals surface area contributed by atoms with Crippen LogP contribution < -0.4 is 21.1 Å². The largest absolute Gasteiger partial charge is 0.480 e. The van der Waals surface area contributed by atoms with Crippen molar-refractivity contribution >= 4 is 11.9 Å². The van der Waals surface area contributed by atoms with Gasteiger partial charge in [-0.25, -0.2) is 9.18 Å². The molecule has 0 aliphatic carbocycles. The number of nitrogens with two attached hydrogens (primary N) is 1. The Morgan fingerprint density at radius 1 is 1.40 bits per heavy atom. The Kier molecular flexibility index (Phi) is 5.92. The second-order valence-corrected chi connectivity index (χ2v) is 4.46. The Hall–Kier alpha value is -2.15. The molecule has 0 bridgehead atoms. The van der Waals surface area contributed by atoms with E-state index in [0.29, 0.717) is 12.1 Å². The highest BCUT2D eigenvalue weighted by molar-refractivity contribution is 5.94. The van der Waals surface area contributed by atoms with Crippen LogP contribution in [0.3, 0.4) is 0 Å². The number of carbonyl (C=O) groups excluding carboxylic acids is 2. The van der Waals surface area contributed by atoms with Gasteiger partial charge in [0.25, 0.3) is 5.91 Å². The van der Waals surface area contributed by atoms with Crippen molar-refractivity contribution in [3.8, 4) is 5.75 Å². The van der Waals surface area contributed by atoms with Crippen molar-refractivity contribution in [2.24, 2.45) is 5.73 Å². The van der Waals surface area contributed by atoms with E-state index in [1.54, 1.807) is 12.1 Å². The van der Waals surface area contributed by atoms with Crippen LogP contribution in [-0.4, -0.2) is 24.6 Å². The first kappa shape index (κ1) is 15.9. The number of hydrogen-bond acceptors (Lipinski definition) is 4. The number of rotatable bonds is 6. The number of carbonyl (C=O) groups is 2. The third kappa shape index (κ3) is 5.23. The van der Waals surface area contributed by atoms with Crippen LogP contribution in [-0.2, 0) is 11.3 Å². The fraction of sp³-hybridized carbons (Fsp3) is 0.385. The minimum absolute atomic E-state index is 0.0136. The Bertz CT molecular complexity index is 492. The van der Waals surface area contributed by atoms with Crippen molar-refractivity contribution in [1.82, 2.24) is 10.6 Å². The monoisotopic (exact) mass is 283 g/mol. The molecule has 0 aliphatic rings. The lowest BCUT2D eigenvalue weighted by Gasteiger charge is -2.14. The van der Waals surface area contributed by atoms with Crippen LogP contribution in [0, 0.1) is 5.82 Å². The van der Waals surface area contributed by atoms with E-state index in [4.69, 9.17) is 10.5 Å². The van der Waals surface area contributed by atoms with E-state index in [1.807, 2.05) is 19.2 Å². The van der Waals surface area contributed by atoms with Crippen LogP contribution in [0.25, 0.3) is 0 Å². The van der Waals surface area contributed by atoms with Crippen molar-refractivity contribution in [3.63, 3.8) is 0 Å². The van der Waals surface area contributed by atoms with Gasteiger partial charge in [0.05, 0.1) is 0 Å². The average molecular weight is 283 g/mol. The number of amides is 3. The molecular formula is C13H18FN3O3. The number of para-hydroxylation sites is 1. The Morgan fingerprint density at radius 3 is 2.70 bits per heavy atom. The lowest BCUT2D eigenvalue weighted by Crippen LogP contribution is -2.38. The van der Waals surface area contributed by atoms with E-state index >= 15 is 0 Å². The molecule has 6 nitrogen and oxygen atoms in total. The Morgan fingerprint density at radius 2 is 2.10 bits per heavy atom. The lowest BCUT2D eigenvalue weighted by molar-refractivity contribution is -0.122. The molecule has 1 aromatic rings. The molecule has 20 heavy (non-hydrogen) atoms. The molecule has 7 heteroatoms. The topological polar surface area (TPSA) is 93.4 Å². The third-order valence-electron chi connectivity index (χ3n) is 2.36. The smallest absolute Gasteiger partial charge is 0.318 e. The first-order valence-corrected chi connectivity index (χ1v) is 6.13. The van der Waals surface area contributed by atoms with Gasteiger partial charge in [-0.2, -0.15) is 0 Å². The van der Waals surface area contributed by atoms with Gasteiger partial charge in [0.15, 0.2) is 18.2 Å². The summed E-state index contributed by atoms with van der Waals surface area (Å²) >= 11 is 0. The Balaban J connectivity index is 2.72. The highest BCUT2D eigenvalue weighted by Crippen LogP contribution is 2.22. The van der Waals surface area contributed by atoms with Crippen LogP contribution in [0.4, 0.5) is 9.18 Å². The van der Waals surface area contributed by atoms with Crippen molar-refractivity contribution in [1.29, 1.82) is 0 Å². The van der Waals surface area contributed by atoms with Crippen LogP contribution in [0.1, 0.15) is 19.4 Å². The van der Waals surface area contributed by atoms with Gasteiger partial charge < -0.3 is 15.8 Å². The molecule has 0 saturated carbocycles. The standard InChI is InChI=1S/C13H18FN3O3/c1-8(2)16-6-9-4-3-5-10(14)12(9)20-7-11(18)17-13(15)19/h3-5,8,16H,6-7H2,1-2H3,(H3,15,17,18,19). The molecular weight excluding hydrogens is 265 g/mol. The van der Waals surface area contributed by atoms with Crippen LogP contribution in [0.2, 0.25) is 0 Å². The molecule has 0 heterocycles. The third-order valence-corrected chi connectivity index (χ3v) is 2.36. The van der Waals surface area contributed by atoms with Gasteiger partial charge in [0.1, 0.15) is 0 Å². The number of hydrogen-bond donors (Lipinski definition) is 3.